The first-order chi connectivity index (χ1) is 5.98. The number of aliphatic carboxylic acids is 1. The topological polar surface area (TPSA) is 57.5 Å². The molecule has 3 nitrogen and oxygen atoms in total. The van der Waals surface area contributed by atoms with Crippen LogP contribution >= 0.6 is 0 Å². The van der Waals surface area contributed by atoms with Gasteiger partial charge in [-0.15, -0.1) is 0 Å². The van der Waals surface area contributed by atoms with Gasteiger partial charge in [-0.3, -0.25) is 0 Å². The van der Waals surface area contributed by atoms with Gasteiger partial charge in [0.2, 0.25) is 6.17 Å². The molecule has 0 radical (unpaired) electrons. The van der Waals surface area contributed by atoms with Gasteiger partial charge in [0.1, 0.15) is 5.60 Å². The van der Waals surface area contributed by atoms with Crippen LogP contribution in [0.2, 0.25) is 0 Å². The molecule has 0 fully saturated rings. The van der Waals surface area contributed by atoms with Crippen molar-refractivity contribution in [1.29, 1.82) is 0 Å². The number of carboxylic acid groups (broad SMARTS) is 1. The minimum atomic E-state index is -2.17. The van der Waals surface area contributed by atoms with Crippen LogP contribution in [-0.2, 0) is 4.79 Å². The van der Waals surface area contributed by atoms with Crippen LogP contribution in [0.3, 0.4) is 0 Å². The van der Waals surface area contributed by atoms with Crippen molar-refractivity contribution in [3.05, 3.63) is 0 Å². The third kappa shape index (κ3) is 3.30. The quantitative estimate of drug-likeness (QED) is 0.674. The maximum absolute atomic E-state index is 13.1. The molecular weight excluding hydrogens is 175 g/mol. The van der Waals surface area contributed by atoms with Crippen molar-refractivity contribution in [2.24, 2.45) is 0 Å². The number of carbonyl (C=O) groups is 1. The molecule has 0 saturated heterocycles. The molecule has 0 aromatic heterocycles. The molecule has 0 aliphatic carbocycles. The fraction of sp³-hybridized carbons (Fsp3) is 0.889. The van der Waals surface area contributed by atoms with E-state index in [2.05, 4.69) is 0 Å². The molecule has 4 heteroatoms. The molecule has 1 atom stereocenters. The first-order valence-corrected chi connectivity index (χ1v) is 4.57. The highest BCUT2D eigenvalue weighted by Crippen LogP contribution is 2.26. The van der Waals surface area contributed by atoms with Crippen LogP contribution < -0.4 is 0 Å². The van der Waals surface area contributed by atoms with Crippen LogP contribution in [-0.4, -0.2) is 28.0 Å². The van der Waals surface area contributed by atoms with Gasteiger partial charge in [0.15, 0.2) is 0 Å². The molecule has 78 valence electrons. The lowest BCUT2D eigenvalue weighted by atomic mass is 9.88. The molecule has 1 unspecified atom stereocenters. The van der Waals surface area contributed by atoms with Gasteiger partial charge in [-0.2, -0.15) is 0 Å². The van der Waals surface area contributed by atoms with Gasteiger partial charge in [0, 0.05) is 0 Å². The van der Waals surface area contributed by atoms with Crippen LogP contribution in [0, 0.1) is 0 Å². The number of aliphatic hydroxyl groups is 1. The van der Waals surface area contributed by atoms with E-state index in [1.165, 1.54) is 0 Å². The van der Waals surface area contributed by atoms with E-state index in [9.17, 15) is 14.3 Å². The van der Waals surface area contributed by atoms with Crippen molar-refractivity contribution >= 4 is 5.97 Å². The molecule has 0 heterocycles. The Bertz CT molecular complexity index is 164. The summed E-state index contributed by atoms with van der Waals surface area (Å²) in [5.74, 6) is -1.58. The number of halogens is 1. The summed E-state index contributed by atoms with van der Waals surface area (Å²) in [4.78, 5) is 10.4. The predicted molar refractivity (Wildman–Crippen MR) is 47.3 cm³/mol. The summed E-state index contributed by atoms with van der Waals surface area (Å²) in [6.07, 6.45) is -0.649. The summed E-state index contributed by atoms with van der Waals surface area (Å²) in [6, 6.07) is 0. The van der Waals surface area contributed by atoms with Gasteiger partial charge in [-0.1, -0.05) is 26.7 Å². The third-order valence-corrected chi connectivity index (χ3v) is 2.05. The molecule has 0 rings (SSSR count). The second-order valence-electron chi connectivity index (χ2n) is 3.30. The summed E-state index contributed by atoms with van der Waals surface area (Å²) < 4.78 is 13.1. The fourth-order valence-electron chi connectivity index (χ4n) is 1.47. The van der Waals surface area contributed by atoms with Crippen LogP contribution in [0.4, 0.5) is 4.39 Å². The van der Waals surface area contributed by atoms with E-state index in [-0.39, 0.29) is 12.8 Å². The van der Waals surface area contributed by atoms with Crippen LogP contribution in [0.1, 0.15) is 39.5 Å². The van der Waals surface area contributed by atoms with Crippen molar-refractivity contribution in [1.82, 2.24) is 0 Å². The number of hydrogen-bond acceptors (Lipinski definition) is 2. The maximum Gasteiger partial charge on any atom is 0.341 e. The fourth-order valence-corrected chi connectivity index (χ4v) is 1.47. The largest absolute Gasteiger partial charge is 0.479 e. The second-order valence-corrected chi connectivity index (χ2v) is 3.30. The van der Waals surface area contributed by atoms with Gasteiger partial charge >= 0.3 is 5.97 Å². The highest BCUT2D eigenvalue weighted by molar-refractivity contribution is 5.73. The van der Waals surface area contributed by atoms with Crippen LogP contribution in [0.25, 0.3) is 0 Å². The van der Waals surface area contributed by atoms with E-state index in [1.807, 2.05) is 0 Å². The zero-order valence-electron chi connectivity index (χ0n) is 8.09. The smallest absolute Gasteiger partial charge is 0.341 e. The standard InChI is InChI=1S/C9H17FO3/c1-3-5-9(13,6-4-2)7(10)8(11)12/h7,13H,3-6H2,1-2H3,(H,11,12). The lowest BCUT2D eigenvalue weighted by molar-refractivity contribution is -0.155. The minimum absolute atomic E-state index is 0.189. The average molecular weight is 192 g/mol. The summed E-state index contributed by atoms with van der Waals surface area (Å²) in [6.45, 7) is 3.57. The lowest BCUT2D eigenvalue weighted by Crippen LogP contribution is -2.44. The molecule has 0 aromatic rings. The Morgan fingerprint density at radius 2 is 1.77 bits per heavy atom. The normalized spacial score (nSPS) is 14.2. The molecule has 0 bridgehead atoms. The van der Waals surface area contributed by atoms with E-state index in [0.717, 1.165) is 0 Å². The molecule has 2 N–H and O–H groups in total. The molecule has 0 aliphatic rings. The zero-order valence-corrected chi connectivity index (χ0v) is 8.09. The highest BCUT2D eigenvalue weighted by Gasteiger charge is 2.40. The summed E-state index contributed by atoms with van der Waals surface area (Å²) in [7, 11) is 0. The Balaban J connectivity index is 4.45. The van der Waals surface area contributed by atoms with E-state index in [0.29, 0.717) is 12.8 Å². The van der Waals surface area contributed by atoms with E-state index in [4.69, 9.17) is 5.11 Å². The number of rotatable bonds is 6. The summed E-state index contributed by atoms with van der Waals surface area (Å²) >= 11 is 0. The molecular formula is C9H17FO3. The molecule has 0 amide bonds. The first-order valence-electron chi connectivity index (χ1n) is 4.57. The van der Waals surface area contributed by atoms with Gasteiger partial charge < -0.3 is 10.2 Å². The number of alkyl halides is 1. The van der Waals surface area contributed by atoms with E-state index in [1.54, 1.807) is 13.8 Å². The Hall–Kier alpha value is -0.640. The average Bonchev–Trinajstić information content (AvgIpc) is 2.03. The van der Waals surface area contributed by atoms with E-state index >= 15 is 0 Å². The van der Waals surface area contributed by atoms with Crippen molar-refractivity contribution in [3.8, 4) is 0 Å². The first kappa shape index (κ1) is 12.4. The minimum Gasteiger partial charge on any atom is -0.479 e. The van der Waals surface area contributed by atoms with Gasteiger partial charge in [0.25, 0.3) is 0 Å². The zero-order chi connectivity index (χ0) is 10.5. The monoisotopic (exact) mass is 192 g/mol. The number of carboxylic acids is 1. The van der Waals surface area contributed by atoms with Crippen molar-refractivity contribution in [2.75, 3.05) is 0 Å². The predicted octanol–water partition coefficient (Wildman–Crippen LogP) is 1.74. The van der Waals surface area contributed by atoms with Gasteiger partial charge in [0.05, 0.1) is 0 Å². The Morgan fingerprint density at radius 1 is 1.38 bits per heavy atom. The van der Waals surface area contributed by atoms with Crippen LogP contribution in [0.15, 0.2) is 0 Å². The highest BCUT2D eigenvalue weighted by atomic mass is 19.1. The summed E-state index contributed by atoms with van der Waals surface area (Å²) in [5.41, 5.74) is -1.69. The Labute approximate surface area is 77.6 Å². The molecule has 0 aliphatic heterocycles. The Morgan fingerprint density at radius 3 is 2.00 bits per heavy atom. The molecule has 0 aromatic carbocycles. The second kappa shape index (κ2) is 5.17. The van der Waals surface area contributed by atoms with Gasteiger partial charge in [-0.25, -0.2) is 9.18 Å². The Kier molecular flexibility index (Phi) is 4.91. The molecule has 0 spiro atoms. The SMILES string of the molecule is CCCC(O)(CCC)C(F)C(=O)O. The van der Waals surface area contributed by atoms with Crippen LogP contribution in [0.5, 0.6) is 0 Å². The maximum atomic E-state index is 13.1. The van der Waals surface area contributed by atoms with Crippen molar-refractivity contribution in [2.45, 2.75) is 51.3 Å². The van der Waals surface area contributed by atoms with Crippen molar-refractivity contribution < 1.29 is 19.4 Å². The van der Waals surface area contributed by atoms with E-state index < -0.39 is 17.7 Å². The number of hydrogen-bond donors (Lipinski definition) is 2. The lowest BCUT2D eigenvalue weighted by Gasteiger charge is -2.28. The van der Waals surface area contributed by atoms with Crippen molar-refractivity contribution in [3.63, 3.8) is 0 Å². The molecule has 0 saturated carbocycles. The molecule has 13 heavy (non-hydrogen) atoms. The summed E-state index contributed by atoms with van der Waals surface area (Å²) in [5, 5.41) is 18.1. The third-order valence-electron chi connectivity index (χ3n) is 2.05. The van der Waals surface area contributed by atoms with Gasteiger partial charge in [-0.05, 0) is 12.8 Å².